The number of methoxy groups -OCH3 is 1. The Labute approximate surface area is 81.2 Å². The summed E-state index contributed by atoms with van der Waals surface area (Å²) in [5, 5.41) is 26.1. The standard InChI is InChI=1S/C6H6O3.C3H6O2/c7-4-2-1-3-5(8)6(4)9;1-3(4)5-2/h1-3,7-9H;1-2H3. The Morgan fingerprint density at radius 3 is 1.79 bits per heavy atom. The van der Waals surface area contributed by atoms with Crippen LogP contribution in [0.3, 0.4) is 0 Å². The first kappa shape index (κ1) is 12.1. The lowest BCUT2D eigenvalue weighted by Gasteiger charge is -1.96. The number of benzene rings is 1. The highest BCUT2D eigenvalue weighted by molar-refractivity contribution is 5.65. The summed E-state index contributed by atoms with van der Waals surface area (Å²) in [5.41, 5.74) is 0. The van der Waals surface area contributed by atoms with E-state index in [0.717, 1.165) is 0 Å². The van der Waals surface area contributed by atoms with Crippen molar-refractivity contribution in [3.8, 4) is 17.2 Å². The number of carbonyl (C=O) groups excluding carboxylic acids is 1. The summed E-state index contributed by atoms with van der Waals surface area (Å²) in [6.45, 7) is 1.36. The maximum absolute atomic E-state index is 9.59. The Balaban J connectivity index is 0.000000292. The van der Waals surface area contributed by atoms with Crippen molar-refractivity contribution in [2.24, 2.45) is 0 Å². The third-order valence-corrected chi connectivity index (χ3v) is 1.28. The molecule has 0 aromatic heterocycles. The van der Waals surface area contributed by atoms with E-state index >= 15 is 0 Å². The van der Waals surface area contributed by atoms with Crippen LogP contribution in [0.1, 0.15) is 6.92 Å². The smallest absolute Gasteiger partial charge is 0.302 e. The molecule has 1 aromatic rings. The molecule has 0 radical (unpaired) electrons. The van der Waals surface area contributed by atoms with Crippen LogP contribution in [0.2, 0.25) is 0 Å². The molecule has 0 amide bonds. The maximum Gasteiger partial charge on any atom is 0.302 e. The van der Waals surface area contributed by atoms with E-state index in [1.807, 2.05) is 0 Å². The summed E-state index contributed by atoms with van der Waals surface area (Å²) < 4.78 is 4.11. The summed E-state index contributed by atoms with van der Waals surface area (Å²) in [5.74, 6) is -1.34. The van der Waals surface area contributed by atoms with Crippen LogP contribution < -0.4 is 0 Å². The number of hydrogen-bond donors (Lipinski definition) is 3. The van der Waals surface area contributed by atoms with Gasteiger partial charge in [0.05, 0.1) is 7.11 Å². The lowest BCUT2D eigenvalue weighted by molar-refractivity contribution is -0.137. The zero-order chi connectivity index (χ0) is 11.1. The largest absolute Gasteiger partial charge is 0.504 e. The second-order valence-corrected chi connectivity index (χ2v) is 2.34. The Bertz CT molecular complexity index is 288. The lowest BCUT2D eigenvalue weighted by Crippen LogP contribution is -1.88. The summed E-state index contributed by atoms with van der Waals surface area (Å²) in [6.07, 6.45) is 0. The third kappa shape index (κ3) is 4.20. The molecule has 0 fully saturated rings. The predicted molar refractivity (Wildman–Crippen MR) is 49.1 cm³/mol. The molecule has 5 nitrogen and oxygen atoms in total. The van der Waals surface area contributed by atoms with Crippen molar-refractivity contribution in [3.05, 3.63) is 18.2 Å². The van der Waals surface area contributed by atoms with Crippen LogP contribution >= 0.6 is 0 Å². The highest BCUT2D eigenvalue weighted by atomic mass is 16.5. The minimum absolute atomic E-state index is 0.245. The first-order valence-electron chi connectivity index (χ1n) is 3.73. The van der Waals surface area contributed by atoms with Crippen LogP contribution in [0, 0.1) is 0 Å². The second kappa shape index (κ2) is 5.69. The van der Waals surface area contributed by atoms with Crippen molar-refractivity contribution in [1.29, 1.82) is 0 Å². The summed E-state index contributed by atoms with van der Waals surface area (Å²) >= 11 is 0. The van der Waals surface area contributed by atoms with E-state index in [1.54, 1.807) is 0 Å². The van der Waals surface area contributed by atoms with E-state index in [0.29, 0.717) is 0 Å². The molecule has 0 aliphatic heterocycles. The molecule has 0 spiro atoms. The highest BCUT2D eigenvalue weighted by Crippen LogP contribution is 2.32. The number of carbonyl (C=O) groups is 1. The van der Waals surface area contributed by atoms with Gasteiger partial charge < -0.3 is 20.1 Å². The molecular formula is C9H12O5. The SMILES string of the molecule is COC(C)=O.Oc1cccc(O)c1O. The molecule has 0 aliphatic rings. The molecule has 0 aliphatic carbocycles. The minimum atomic E-state index is -0.475. The molecule has 0 saturated heterocycles. The average Bonchev–Trinajstić information content (AvgIpc) is 2.15. The first-order chi connectivity index (χ1) is 6.49. The van der Waals surface area contributed by atoms with Crippen molar-refractivity contribution in [2.75, 3.05) is 7.11 Å². The van der Waals surface area contributed by atoms with Crippen LogP contribution in [-0.2, 0) is 9.53 Å². The van der Waals surface area contributed by atoms with Crippen molar-refractivity contribution in [2.45, 2.75) is 6.92 Å². The minimum Gasteiger partial charge on any atom is -0.504 e. The van der Waals surface area contributed by atoms with Crippen molar-refractivity contribution in [3.63, 3.8) is 0 Å². The molecule has 14 heavy (non-hydrogen) atoms. The van der Waals surface area contributed by atoms with Gasteiger partial charge in [-0.05, 0) is 12.1 Å². The van der Waals surface area contributed by atoms with Gasteiger partial charge >= 0.3 is 5.97 Å². The molecule has 0 atom stereocenters. The van der Waals surface area contributed by atoms with E-state index in [1.165, 1.54) is 32.2 Å². The fourth-order valence-corrected chi connectivity index (χ4v) is 0.519. The zero-order valence-electron chi connectivity index (χ0n) is 7.89. The van der Waals surface area contributed by atoms with Gasteiger partial charge in [0.25, 0.3) is 0 Å². The highest BCUT2D eigenvalue weighted by Gasteiger charge is 2.00. The zero-order valence-corrected chi connectivity index (χ0v) is 7.89. The van der Waals surface area contributed by atoms with E-state index in [2.05, 4.69) is 4.74 Å². The van der Waals surface area contributed by atoms with Crippen LogP contribution in [-0.4, -0.2) is 28.4 Å². The van der Waals surface area contributed by atoms with Crippen molar-refractivity contribution < 1.29 is 24.9 Å². The van der Waals surface area contributed by atoms with Crippen LogP contribution in [0.4, 0.5) is 0 Å². The molecule has 0 heterocycles. The van der Waals surface area contributed by atoms with Gasteiger partial charge in [0.2, 0.25) is 0 Å². The number of aromatic hydroxyl groups is 3. The number of esters is 1. The molecule has 3 N–H and O–H groups in total. The fraction of sp³-hybridized carbons (Fsp3) is 0.222. The fourth-order valence-electron chi connectivity index (χ4n) is 0.519. The van der Waals surface area contributed by atoms with Gasteiger partial charge in [0.15, 0.2) is 17.2 Å². The number of para-hydroxylation sites is 1. The Morgan fingerprint density at radius 1 is 1.21 bits per heavy atom. The van der Waals surface area contributed by atoms with Gasteiger partial charge in [-0.25, -0.2) is 0 Å². The second-order valence-electron chi connectivity index (χ2n) is 2.34. The normalized spacial score (nSPS) is 8.43. The Morgan fingerprint density at radius 2 is 1.57 bits per heavy atom. The molecule has 0 bridgehead atoms. The molecular weight excluding hydrogens is 188 g/mol. The van der Waals surface area contributed by atoms with E-state index < -0.39 is 5.75 Å². The van der Waals surface area contributed by atoms with Crippen LogP contribution in [0.5, 0.6) is 17.2 Å². The summed E-state index contributed by atoms with van der Waals surface area (Å²) in [7, 11) is 1.35. The van der Waals surface area contributed by atoms with Gasteiger partial charge in [-0.2, -0.15) is 0 Å². The monoisotopic (exact) mass is 200 g/mol. The number of ether oxygens (including phenoxy) is 1. The van der Waals surface area contributed by atoms with Gasteiger partial charge in [-0.3, -0.25) is 4.79 Å². The van der Waals surface area contributed by atoms with Crippen molar-refractivity contribution in [1.82, 2.24) is 0 Å². The van der Waals surface area contributed by atoms with Gasteiger partial charge in [0, 0.05) is 6.92 Å². The van der Waals surface area contributed by atoms with Gasteiger partial charge in [-0.15, -0.1) is 0 Å². The quantitative estimate of drug-likeness (QED) is 0.429. The molecule has 0 saturated carbocycles. The van der Waals surface area contributed by atoms with E-state index in [9.17, 15) is 4.79 Å². The first-order valence-corrected chi connectivity index (χ1v) is 3.73. The maximum atomic E-state index is 9.59. The molecule has 78 valence electrons. The Kier molecular flexibility index (Phi) is 4.91. The van der Waals surface area contributed by atoms with Crippen molar-refractivity contribution >= 4 is 5.97 Å². The molecule has 1 aromatic carbocycles. The number of rotatable bonds is 0. The molecule has 1 rings (SSSR count). The predicted octanol–water partition coefficient (Wildman–Crippen LogP) is 0.983. The lowest BCUT2D eigenvalue weighted by atomic mass is 10.3. The van der Waals surface area contributed by atoms with Gasteiger partial charge in [-0.1, -0.05) is 6.07 Å². The number of hydrogen-bond acceptors (Lipinski definition) is 5. The average molecular weight is 200 g/mol. The molecule has 5 heteroatoms. The number of phenols is 3. The molecule has 0 unspecified atom stereocenters. The number of phenolic OH excluding ortho intramolecular Hbond substituents is 3. The van der Waals surface area contributed by atoms with E-state index in [-0.39, 0.29) is 17.5 Å². The summed E-state index contributed by atoms with van der Waals surface area (Å²) in [4.78, 5) is 9.59. The van der Waals surface area contributed by atoms with Gasteiger partial charge in [0.1, 0.15) is 0 Å². The third-order valence-electron chi connectivity index (χ3n) is 1.28. The summed E-state index contributed by atoms with van der Waals surface area (Å²) in [6, 6.07) is 4.01. The van der Waals surface area contributed by atoms with Crippen LogP contribution in [0.15, 0.2) is 18.2 Å². The topological polar surface area (TPSA) is 87.0 Å². The van der Waals surface area contributed by atoms with Crippen LogP contribution in [0.25, 0.3) is 0 Å². The Hall–Kier alpha value is -1.91. The van der Waals surface area contributed by atoms with E-state index in [4.69, 9.17) is 15.3 Å².